The summed E-state index contributed by atoms with van der Waals surface area (Å²) < 4.78 is 0. The summed E-state index contributed by atoms with van der Waals surface area (Å²) in [5, 5.41) is 3.90. The van der Waals surface area contributed by atoms with Crippen molar-refractivity contribution in [2.45, 2.75) is 37.8 Å². The Morgan fingerprint density at radius 3 is 2.71 bits per heavy atom. The van der Waals surface area contributed by atoms with E-state index in [-0.39, 0.29) is 18.0 Å². The predicted molar refractivity (Wildman–Crippen MR) is 83.9 cm³/mol. The lowest BCUT2D eigenvalue weighted by molar-refractivity contribution is 0.0926. The molecule has 1 aliphatic carbocycles. The number of anilines is 1. The summed E-state index contributed by atoms with van der Waals surface area (Å²) in [5.41, 5.74) is 13.9. The van der Waals surface area contributed by atoms with E-state index in [1.165, 1.54) is 0 Å². The number of hydrogen-bond donors (Lipinski definition) is 3. The number of pyridine rings is 1. The van der Waals surface area contributed by atoms with Crippen molar-refractivity contribution in [3.8, 4) is 0 Å². The molecular formula is C16H20N4O. The average Bonchev–Trinajstić information content (AvgIpc) is 2.50. The third-order valence-corrected chi connectivity index (χ3v) is 4.14. The first kappa shape index (κ1) is 13.8. The summed E-state index contributed by atoms with van der Waals surface area (Å²) >= 11 is 0. The number of aromatic nitrogens is 1. The Kier molecular flexibility index (Phi) is 3.75. The van der Waals surface area contributed by atoms with Crippen LogP contribution in [0.5, 0.6) is 0 Å². The first-order valence-corrected chi connectivity index (χ1v) is 7.34. The van der Waals surface area contributed by atoms with E-state index in [0.717, 1.165) is 36.6 Å². The van der Waals surface area contributed by atoms with E-state index in [9.17, 15) is 4.79 Å². The van der Waals surface area contributed by atoms with Gasteiger partial charge < -0.3 is 16.8 Å². The highest BCUT2D eigenvalue weighted by Gasteiger charge is 2.20. The number of amides is 1. The topological polar surface area (TPSA) is 94.0 Å². The predicted octanol–water partition coefficient (Wildman–Crippen LogP) is 1.82. The molecule has 5 heteroatoms. The SMILES string of the molecule is Nc1ccnc2ccc(C(=O)N[C@H]3CC[C@H](N)CC3)cc12. The van der Waals surface area contributed by atoms with E-state index in [1.807, 2.05) is 12.1 Å². The Morgan fingerprint density at radius 1 is 1.19 bits per heavy atom. The fourth-order valence-corrected chi connectivity index (χ4v) is 2.84. The average molecular weight is 284 g/mol. The van der Waals surface area contributed by atoms with Gasteiger partial charge in [0.2, 0.25) is 0 Å². The molecule has 1 amide bonds. The van der Waals surface area contributed by atoms with Crippen molar-refractivity contribution in [3.63, 3.8) is 0 Å². The molecule has 2 aromatic rings. The molecule has 0 unspecified atom stereocenters. The summed E-state index contributed by atoms with van der Waals surface area (Å²) in [6.45, 7) is 0. The van der Waals surface area contributed by atoms with Gasteiger partial charge in [-0.2, -0.15) is 0 Å². The van der Waals surface area contributed by atoms with E-state index in [1.54, 1.807) is 18.3 Å². The highest BCUT2D eigenvalue weighted by atomic mass is 16.1. The maximum atomic E-state index is 12.3. The smallest absolute Gasteiger partial charge is 0.251 e. The molecule has 0 saturated heterocycles. The van der Waals surface area contributed by atoms with Crippen molar-refractivity contribution < 1.29 is 4.79 Å². The van der Waals surface area contributed by atoms with Crippen molar-refractivity contribution in [1.82, 2.24) is 10.3 Å². The fraction of sp³-hybridized carbons (Fsp3) is 0.375. The van der Waals surface area contributed by atoms with Crippen LogP contribution in [0.4, 0.5) is 5.69 Å². The van der Waals surface area contributed by atoms with Crippen molar-refractivity contribution in [1.29, 1.82) is 0 Å². The molecule has 110 valence electrons. The van der Waals surface area contributed by atoms with Crippen molar-refractivity contribution >= 4 is 22.5 Å². The minimum Gasteiger partial charge on any atom is -0.398 e. The van der Waals surface area contributed by atoms with Crippen LogP contribution in [0.15, 0.2) is 30.5 Å². The van der Waals surface area contributed by atoms with Crippen LogP contribution in [0.1, 0.15) is 36.0 Å². The molecule has 1 heterocycles. The second-order valence-corrected chi connectivity index (χ2v) is 5.72. The van der Waals surface area contributed by atoms with Gasteiger partial charge in [0, 0.05) is 34.9 Å². The second kappa shape index (κ2) is 5.69. The van der Waals surface area contributed by atoms with Gasteiger partial charge in [-0.1, -0.05) is 0 Å². The van der Waals surface area contributed by atoms with Crippen molar-refractivity contribution in [2.75, 3.05) is 5.73 Å². The van der Waals surface area contributed by atoms with Crippen LogP contribution in [0.25, 0.3) is 10.9 Å². The first-order chi connectivity index (χ1) is 10.1. The van der Waals surface area contributed by atoms with Gasteiger partial charge in [0.05, 0.1) is 5.52 Å². The van der Waals surface area contributed by atoms with Crippen LogP contribution in [-0.4, -0.2) is 23.0 Å². The van der Waals surface area contributed by atoms with Crippen LogP contribution in [0.3, 0.4) is 0 Å². The molecule has 1 aliphatic rings. The number of rotatable bonds is 2. The summed E-state index contributed by atoms with van der Waals surface area (Å²) in [4.78, 5) is 16.6. The van der Waals surface area contributed by atoms with Crippen molar-refractivity contribution in [3.05, 3.63) is 36.0 Å². The molecule has 21 heavy (non-hydrogen) atoms. The Bertz CT molecular complexity index is 662. The molecular weight excluding hydrogens is 264 g/mol. The van der Waals surface area contributed by atoms with Gasteiger partial charge in [-0.05, 0) is 49.9 Å². The van der Waals surface area contributed by atoms with Gasteiger partial charge in [0.15, 0.2) is 0 Å². The molecule has 1 fully saturated rings. The van der Waals surface area contributed by atoms with E-state index in [0.29, 0.717) is 11.3 Å². The van der Waals surface area contributed by atoms with Gasteiger partial charge in [-0.15, -0.1) is 0 Å². The van der Waals surface area contributed by atoms with Crippen LogP contribution >= 0.6 is 0 Å². The number of benzene rings is 1. The number of nitrogens with zero attached hydrogens (tertiary/aromatic N) is 1. The van der Waals surface area contributed by atoms with Crippen LogP contribution < -0.4 is 16.8 Å². The molecule has 3 rings (SSSR count). The third kappa shape index (κ3) is 2.97. The lowest BCUT2D eigenvalue weighted by Gasteiger charge is -2.26. The Morgan fingerprint density at radius 2 is 1.95 bits per heavy atom. The van der Waals surface area contributed by atoms with Gasteiger partial charge >= 0.3 is 0 Å². The number of carbonyl (C=O) groups excluding carboxylic acids is 1. The summed E-state index contributed by atoms with van der Waals surface area (Å²) in [6, 6.07) is 7.67. The third-order valence-electron chi connectivity index (χ3n) is 4.14. The van der Waals surface area contributed by atoms with Crippen LogP contribution in [0, 0.1) is 0 Å². The number of nitrogen functional groups attached to an aromatic ring is 1. The summed E-state index contributed by atoms with van der Waals surface area (Å²) in [7, 11) is 0. The maximum Gasteiger partial charge on any atom is 0.251 e. The molecule has 5 nitrogen and oxygen atoms in total. The zero-order valence-electron chi connectivity index (χ0n) is 11.9. The number of nitrogens with two attached hydrogens (primary N) is 2. The molecule has 1 saturated carbocycles. The van der Waals surface area contributed by atoms with Gasteiger partial charge in [0.25, 0.3) is 5.91 Å². The molecule has 1 aromatic carbocycles. The molecule has 0 radical (unpaired) electrons. The molecule has 1 aromatic heterocycles. The largest absolute Gasteiger partial charge is 0.398 e. The number of hydrogen-bond acceptors (Lipinski definition) is 4. The number of nitrogens with one attached hydrogen (secondary N) is 1. The lowest BCUT2D eigenvalue weighted by atomic mass is 9.91. The van der Waals surface area contributed by atoms with E-state index < -0.39 is 0 Å². The Labute approximate surface area is 123 Å². The van der Waals surface area contributed by atoms with Gasteiger partial charge in [-0.3, -0.25) is 9.78 Å². The highest BCUT2D eigenvalue weighted by Crippen LogP contribution is 2.21. The lowest BCUT2D eigenvalue weighted by Crippen LogP contribution is -2.40. The van der Waals surface area contributed by atoms with Crippen LogP contribution in [0.2, 0.25) is 0 Å². The monoisotopic (exact) mass is 284 g/mol. The maximum absolute atomic E-state index is 12.3. The van der Waals surface area contributed by atoms with E-state index in [4.69, 9.17) is 11.5 Å². The minimum atomic E-state index is -0.0550. The first-order valence-electron chi connectivity index (χ1n) is 7.34. The van der Waals surface area contributed by atoms with Gasteiger partial charge in [0.1, 0.15) is 0 Å². The van der Waals surface area contributed by atoms with Gasteiger partial charge in [-0.25, -0.2) is 0 Å². The normalized spacial score (nSPS) is 22.1. The highest BCUT2D eigenvalue weighted by molar-refractivity contribution is 6.00. The van der Waals surface area contributed by atoms with E-state index in [2.05, 4.69) is 10.3 Å². The minimum absolute atomic E-state index is 0.0550. The Balaban J connectivity index is 1.77. The van der Waals surface area contributed by atoms with E-state index >= 15 is 0 Å². The van der Waals surface area contributed by atoms with Crippen molar-refractivity contribution in [2.24, 2.45) is 5.73 Å². The number of carbonyl (C=O) groups is 1. The summed E-state index contributed by atoms with van der Waals surface area (Å²) in [6.07, 6.45) is 5.51. The zero-order chi connectivity index (χ0) is 14.8. The zero-order valence-corrected chi connectivity index (χ0v) is 11.9. The molecule has 0 aliphatic heterocycles. The fourth-order valence-electron chi connectivity index (χ4n) is 2.84. The summed E-state index contributed by atoms with van der Waals surface area (Å²) in [5.74, 6) is -0.0550. The molecule has 0 atom stereocenters. The molecule has 0 bridgehead atoms. The van der Waals surface area contributed by atoms with Crippen LogP contribution in [-0.2, 0) is 0 Å². The molecule has 5 N–H and O–H groups in total. The second-order valence-electron chi connectivity index (χ2n) is 5.72. The number of fused-ring (bicyclic) bond motifs is 1. The Hall–Kier alpha value is -2.14. The quantitative estimate of drug-likeness (QED) is 0.784. The molecule has 0 spiro atoms. The standard InChI is InChI=1S/C16H20N4O/c17-11-2-4-12(5-3-11)20-16(21)10-1-6-15-13(9-10)14(18)7-8-19-15/h1,6-9,11-12H,2-5,17H2,(H2,18,19)(H,20,21)/t11-,12-.